The molecule has 0 saturated heterocycles. The van der Waals surface area contributed by atoms with Gasteiger partial charge in [-0.15, -0.1) is 4.57 Å². The number of hydrogen-bond acceptors (Lipinski definition) is 10. The Balaban J connectivity index is 0.00000243. The molecule has 0 spiro atoms. The second-order valence-electron chi connectivity index (χ2n) is 10.8. The molecule has 15 heteroatoms. The van der Waals surface area contributed by atoms with Crippen LogP contribution in [0.4, 0.5) is 22.7 Å². The van der Waals surface area contributed by atoms with Crippen LogP contribution in [0.5, 0.6) is 5.75 Å². The van der Waals surface area contributed by atoms with Crippen LogP contribution in [0.15, 0.2) is 131 Å². The summed E-state index contributed by atoms with van der Waals surface area (Å²) < 4.78 is 82.7. The van der Waals surface area contributed by atoms with Gasteiger partial charge in [-0.05, 0) is 36.4 Å². The van der Waals surface area contributed by atoms with E-state index in [0.29, 0.717) is 44.9 Å². The Morgan fingerprint density at radius 1 is 0.640 bits per heavy atom. The quantitative estimate of drug-likeness (QED) is 0.0725. The largest absolute Gasteiger partial charge is 1.00 e. The van der Waals surface area contributed by atoms with E-state index in [1.54, 1.807) is 48.5 Å². The Labute approximate surface area is 332 Å². The number of para-hydroxylation sites is 2. The van der Waals surface area contributed by atoms with Crippen LogP contribution in [-0.4, -0.2) is 38.0 Å². The van der Waals surface area contributed by atoms with Gasteiger partial charge in [0.15, 0.2) is 0 Å². The summed E-state index contributed by atoms with van der Waals surface area (Å²) in [5.74, 6) is 0.518. The fraction of sp³-hybridized carbons (Fsp3) is 0.0286. The maximum Gasteiger partial charge on any atom is 1.00 e. The maximum atomic E-state index is 12.7. The van der Waals surface area contributed by atoms with E-state index in [2.05, 4.69) is 10.6 Å². The Bertz CT molecular complexity index is 2610. The van der Waals surface area contributed by atoms with Crippen molar-refractivity contribution in [2.75, 3.05) is 17.7 Å². The minimum atomic E-state index is -5.03. The first kappa shape index (κ1) is 37.7. The SMILES string of the molecule is COc1cccc(Nc2cc3c(cc2S(=O)(=O)[O-])nc2c4cccc(S(=O)(=O)[O-])c4c(Nc4ccccc4)cc2[n+]3-c2ccccc2)c1.[Na+].[Na+]. The van der Waals surface area contributed by atoms with Gasteiger partial charge in [-0.25, -0.2) is 21.8 Å². The molecule has 7 rings (SSSR count). The van der Waals surface area contributed by atoms with Gasteiger partial charge in [0.1, 0.15) is 37.0 Å². The van der Waals surface area contributed by atoms with E-state index in [1.807, 2.05) is 53.1 Å². The average molecular weight is 724 g/mol. The first-order valence-electron chi connectivity index (χ1n) is 14.5. The molecule has 0 amide bonds. The third kappa shape index (κ3) is 7.39. The van der Waals surface area contributed by atoms with Crippen molar-refractivity contribution in [1.29, 1.82) is 0 Å². The second kappa shape index (κ2) is 14.9. The standard InChI is InChI=1S/C35H26N4O7S2.2Na/c1-46-25-15-8-12-23(18-25)37-28-19-30-27(21-33(28)48(43,44)45)38-35-26-16-9-17-32(47(40,41)42)34(26)29(36-22-10-4-2-5-11-22)20-31(35)39(30)24-13-6-3-7-14-24;;/h2-21H,1H3,(H3,36,37,40,41,42,43,44,45);;/q;2*+1/p-1. The maximum absolute atomic E-state index is 12.7. The Morgan fingerprint density at radius 2 is 1.24 bits per heavy atom. The van der Waals surface area contributed by atoms with Crippen LogP contribution >= 0.6 is 0 Å². The van der Waals surface area contributed by atoms with Crippen molar-refractivity contribution in [3.8, 4) is 11.4 Å². The van der Waals surface area contributed by atoms with Gasteiger partial charge in [0.05, 0.1) is 28.3 Å². The molecule has 1 aromatic heterocycles. The number of fused-ring (bicyclic) bond motifs is 4. The summed E-state index contributed by atoms with van der Waals surface area (Å²) in [5.41, 5.74) is 3.48. The number of nitrogens with one attached hydrogen (secondary N) is 2. The summed E-state index contributed by atoms with van der Waals surface area (Å²) in [6.07, 6.45) is 0. The zero-order chi connectivity index (χ0) is 33.6. The number of aromatic nitrogens is 2. The third-order valence-corrected chi connectivity index (χ3v) is 9.58. The summed E-state index contributed by atoms with van der Waals surface area (Å²) in [6, 6.07) is 33.8. The molecule has 0 aliphatic rings. The van der Waals surface area contributed by atoms with Crippen LogP contribution in [0.1, 0.15) is 0 Å². The second-order valence-corrected chi connectivity index (χ2v) is 13.5. The Hall–Kier alpha value is -3.60. The number of nitrogens with zero attached hydrogens (tertiary/aromatic N) is 2. The molecule has 11 nitrogen and oxygen atoms in total. The van der Waals surface area contributed by atoms with Gasteiger partial charge in [-0.2, -0.15) is 0 Å². The fourth-order valence-electron chi connectivity index (χ4n) is 5.79. The number of hydrogen-bond donors (Lipinski definition) is 2. The van der Waals surface area contributed by atoms with E-state index in [1.165, 1.54) is 31.4 Å². The van der Waals surface area contributed by atoms with Crippen molar-refractivity contribution in [2.24, 2.45) is 0 Å². The summed E-state index contributed by atoms with van der Waals surface area (Å²) >= 11 is 0. The first-order valence-corrected chi connectivity index (χ1v) is 17.3. The molecule has 0 aliphatic carbocycles. The molecule has 50 heavy (non-hydrogen) atoms. The molecule has 2 N–H and O–H groups in total. The van der Waals surface area contributed by atoms with E-state index in [9.17, 15) is 25.9 Å². The van der Waals surface area contributed by atoms with Crippen molar-refractivity contribution < 1.29 is 94.4 Å². The predicted molar refractivity (Wildman–Crippen MR) is 180 cm³/mol. The molecule has 0 unspecified atom stereocenters. The minimum absolute atomic E-state index is 0. The van der Waals surface area contributed by atoms with Crippen LogP contribution < -0.4 is 79.1 Å². The van der Waals surface area contributed by atoms with Crippen LogP contribution in [0, 0.1) is 0 Å². The molecular formula is C35H25N4Na2O7S2+. The third-order valence-electron chi connectivity index (χ3n) is 7.82. The molecule has 1 heterocycles. The molecular weight excluding hydrogens is 699 g/mol. The molecule has 0 saturated carbocycles. The van der Waals surface area contributed by atoms with Gasteiger partial charge in [-0.1, -0.05) is 54.6 Å². The molecule has 0 bridgehead atoms. The van der Waals surface area contributed by atoms with Gasteiger partial charge in [0.25, 0.3) is 0 Å². The number of benzene rings is 6. The Kier molecular flexibility index (Phi) is 11.2. The van der Waals surface area contributed by atoms with Crippen LogP contribution in [0.2, 0.25) is 0 Å². The topological polar surface area (TPSA) is 164 Å². The smallest absolute Gasteiger partial charge is 0.744 e. The predicted octanol–water partition coefficient (Wildman–Crippen LogP) is 0.130. The molecule has 240 valence electrons. The molecule has 0 atom stereocenters. The summed E-state index contributed by atoms with van der Waals surface area (Å²) in [5, 5.41) is 6.76. The monoisotopic (exact) mass is 723 g/mol. The summed E-state index contributed by atoms with van der Waals surface area (Å²) in [4.78, 5) is 3.82. The Morgan fingerprint density at radius 3 is 1.90 bits per heavy atom. The van der Waals surface area contributed by atoms with E-state index >= 15 is 0 Å². The number of rotatable bonds is 8. The summed E-state index contributed by atoms with van der Waals surface area (Å²) in [7, 11) is -8.47. The van der Waals surface area contributed by atoms with Crippen molar-refractivity contribution in [2.45, 2.75) is 9.79 Å². The van der Waals surface area contributed by atoms with Crippen molar-refractivity contribution in [3.05, 3.63) is 121 Å². The number of anilines is 4. The number of ether oxygens (including phenoxy) is 1. The average Bonchev–Trinajstić information content (AvgIpc) is 3.07. The van der Waals surface area contributed by atoms with Crippen molar-refractivity contribution in [1.82, 2.24) is 4.98 Å². The van der Waals surface area contributed by atoms with Crippen molar-refractivity contribution in [3.63, 3.8) is 0 Å². The van der Waals surface area contributed by atoms with E-state index in [4.69, 9.17) is 9.72 Å². The fourth-order valence-corrected chi connectivity index (χ4v) is 7.14. The molecule has 0 aliphatic heterocycles. The van der Waals surface area contributed by atoms with E-state index < -0.39 is 30.0 Å². The molecule has 0 fully saturated rings. The molecule has 7 aromatic rings. The molecule has 6 aromatic carbocycles. The zero-order valence-electron chi connectivity index (χ0n) is 27.1. The van der Waals surface area contributed by atoms with Gasteiger partial charge in [-0.3, -0.25) is 0 Å². The van der Waals surface area contributed by atoms with Gasteiger partial charge in [0.2, 0.25) is 16.7 Å². The van der Waals surface area contributed by atoms with E-state index in [-0.39, 0.29) is 81.2 Å². The van der Waals surface area contributed by atoms with Crippen LogP contribution in [0.25, 0.3) is 38.5 Å². The zero-order valence-corrected chi connectivity index (χ0v) is 32.7. The van der Waals surface area contributed by atoms with Gasteiger partial charge in [0, 0.05) is 52.5 Å². The van der Waals surface area contributed by atoms with Gasteiger partial charge >= 0.3 is 59.1 Å². The minimum Gasteiger partial charge on any atom is -0.744 e. The van der Waals surface area contributed by atoms with Gasteiger partial charge < -0.3 is 24.5 Å². The normalized spacial score (nSPS) is 11.5. The first-order chi connectivity index (χ1) is 23.0. The van der Waals surface area contributed by atoms with Crippen molar-refractivity contribution >= 4 is 75.8 Å². The number of methoxy groups -OCH3 is 1. The van der Waals surface area contributed by atoms with Crippen LogP contribution in [-0.2, 0) is 20.2 Å². The van der Waals surface area contributed by atoms with E-state index in [0.717, 1.165) is 0 Å². The summed E-state index contributed by atoms with van der Waals surface area (Å²) in [6.45, 7) is 0. The molecule has 0 radical (unpaired) electrons. The van der Waals surface area contributed by atoms with Crippen LogP contribution in [0.3, 0.4) is 0 Å².